The average molecular weight is 428 g/mol. The van der Waals surface area contributed by atoms with Gasteiger partial charge in [-0.2, -0.15) is 0 Å². The Hall–Kier alpha value is -1.38. The van der Waals surface area contributed by atoms with Gasteiger partial charge in [-0.1, -0.05) is 23.7 Å². The molecule has 2 N–H and O–H groups in total. The van der Waals surface area contributed by atoms with Crippen LogP contribution >= 0.6 is 39.7 Å². The molecule has 0 aliphatic heterocycles. The van der Waals surface area contributed by atoms with Gasteiger partial charge in [-0.3, -0.25) is 0 Å². The highest BCUT2D eigenvalue weighted by Crippen LogP contribution is 2.31. The monoisotopic (exact) mass is 426 g/mol. The van der Waals surface area contributed by atoms with Gasteiger partial charge < -0.3 is 10.6 Å². The number of rotatable bonds is 3. The predicted molar refractivity (Wildman–Crippen MR) is 88.5 cm³/mol. The zero-order valence-electron chi connectivity index (χ0n) is 11.2. The molecule has 0 aliphatic carbocycles. The molecular weight excluding hydrogens is 420 g/mol. The van der Waals surface area contributed by atoms with Gasteiger partial charge in [-0.05, 0) is 45.8 Å². The first kappa shape index (κ1) is 18.0. The molecule has 23 heavy (non-hydrogen) atoms. The average Bonchev–Trinajstić information content (AvgIpc) is 2.54. The highest BCUT2D eigenvalue weighted by molar-refractivity contribution is 9.10. The first-order chi connectivity index (χ1) is 10.8. The van der Waals surface area contributed by atoms with E-state index in [1.54, 1.807) is 24.3 Å². The minimum absolute atomic E-state index is 0.195. The Morgan fingerprint density at radius 3 is 2.04 bits per heavy atom. The fourth-order valence-electron chi connectivity index (χ4n) is 1.66. The molecule has 2 rings (SSSR count). The summed E-state index contributed by atoms with van der Waals surface area (Å²) in [5.41, 5.74) is -0.204. The molecule has 0 aromatic heterocycles. The van der Waals surface area contributed by atoms with E-state index >= 15 is 0 Å². The standard InChI is InChI=1S/C14H8BrClF4N2S/c15-8-9(17)11(19)13(12(20)10(8)18)22-14(23)21-5-6-1-3-7(16)4-2-6/h1-4H,5H2,(H2,21,22,23). The van der Waals surface area contributed by atoms with Crippen LogP contribution in [0.2, 0.25) is 5.02 Å². The van der Waals surface area contributed by atoms with Crippen LogP contribution in [0, 0.1) is 23.3 Å². The summed E-state index contributed by atoms with van der Waals surface area (Å²) in [6, 6.07) is 6.76. The Morgan fingerprint density at radius 2 is 1.52 bits per heavy atom. The van der Waals surface area contributed by atoms with Crippen LogP contribution in [0.4, 0.5) is 23.2 Å². The summed E-state index contributed by atoms with van der Waals surface area (Å²) in [6.45, 7) is 0.230. The number of anilines is 1. The summed E-state index contributed by atoms with van der Waals surface area (Å²) in [5.74, 6) is -6.25. The lowest BCUT2D eigenvalue weighted by Crippen LogP contribution is -2.29. The third-order valence-electron chi connectivity index (χ3n) is 2.81. The van der Waals surface area contributed by atoms with Gasteiger partial charge in [0.05, 0.1) is 4.47 Å². The van der Waals surface area contributed by atoms with Gasteiger partial charge in [-0.15, -0.1) is 0 Å². The molecular formula is C14H8BrClF4N2S. The summed E-state index contributed by atoms with van der Waals surface area (Å²) in [5, 5.41) is 5.13. The number of hydrogen-bond donors (Lipinski definition) is 2. The molecule has 9 heteroatoms. The molecule has 0 aliphatic rings. The fourth-order valence-corrected chi connectivity index (χ4v) is 2.31. The molecule has 0 fully saturated rings. The molecule has 0 saturated heterocycles. The van der Waals surface area contributed by atoms with Crippen molar-refractivity contribution in [3.05, 3.63) is 62.6 Å². The number of hydrogen-bond acceptors (Lipinski definition) is 1. The second-order valence-electron chi connectivity index (χ2n) is 4.38. The van der Waals surface area contributed by atoms with Crippen LogP contribution in [0.3, 0.4) is 0 Å². The van der Waals surface area contributed by atoms with Crippen LogP contribution < -0.4 is 10.6 Å². The molecule has 0 unspecified atom stereocenters. The Balaban J connectivity index is 2.10. The van der Waals surface area contributed by atoms with Crippen LogP contribution in [0.15, 0.2) is 28.7 Å². The Kier molecular flexibility index (Phi) is 5.83. The van der Waals surface area contributed by atoms with Gasteiger partial charge in [-0.25, -0.2) is 17.6 Å². The third kappa shape index (κ3) is 4.13. The predicted octanol–water partition coefficient (Wildman–Crippen LogP) is 5.15. The zero-order chi connectivity index (χ0) is 17.1. The van der Waals surface area contributed by atoms with Gasteiger partial charge in [0.25, 0.3) is 0 Å². The summed E-state index contributed by atoms with van der Waals surface area (Å²) in [6.07, 6.45) is 0. The minimum Gasteiger partial charge on any atom is -0.358 e. The smallest absolute Gasteiger partial charge is 0.186 e. The molecule has 0 amide bonds. The van der Waals surface area contributed by atoms with E-state index in [2.05, 4.69) is 26.6 Å². The largest absolute Gasteiger partial charge is 0.358 e. The van der Waals surface area contributed by atoms with Crippen LogP contribution in [0.1, 0.15) is 5.56 Å². The molecule has 2 aromatic carbocycles. The van der Waals surface area contributed by atoms with Crippen LogP contribution in [-0.2, 0) is 6.54 Å². The SMILES string of the molecule is Fc1c(F)c(NC(=S)NCc2ccc(Cl)cc2)c(F)c(F)c1Br. The van der Waals surface area contributed by atoms with E-state index in [1.165, 1.54) is 0 Å². The van der Waals surface area contributed by atoms with Gasteiger partial charge in [0.15, 0.2) is 28.4 Å². The summed E-state index contributed by atoms with van der Waals surface area (Å²) in [7, 11) is 0. The molecule has 0 radical (unpaired) electrons. The topological polar surface area (TPSA) is 24.1 Å². The van der Waals surface area contributed by atoms with Crippen molar-refractivity contribution in [3.8, 4) is 0 Å². The summed E-state index contributed by atoms with van der Waals surface area (Å²) < 4.78 is 53.3. The van der Waals surface area contributed by atoms with E-state index in [4.69, 9.17) is 23.8 Å². The molecule has 2 aromatic rings. The summed E-state index contributed by atoms with van der Waals surface area (Å²) >= 11 is 13.0. The van der Waals surface area contributed by atoms with Crippen molar-refractivity contribution in [2.45, 2.75) is 6.54 Å². The van der Waals surface area contributed by atoms with Crippen molar-refractivity contribution in [2.75, 3.05) is 5.32 Å². The molecule has 0 bridgehead atoms. The van der Waals surface area contributed by atoms with E-state index in [9.17, 15) is 17.6 Å². The maximum Gasteiger partial charge on any atom is 0.186 e. The van der Waals surface area contributed by atoms with E-state index in [0.717, 1.165) is 5.56 Å². The maximum absolute atomic E-state index is 13.7. The van der Waals surface area contributed by atoms with Crippen molar-refractivity contribution in [1.82, 2.24) is 5.32 Å². The lowest BCUT2D eigenvalue weighted by atomic mass is 10.2. The number of halogens is 6. The van der Waals surface area contributed by atoms with Crippen molar-refractivity contribution in [2.24, 2.45) is 0 Å². The van der Waals surface area contributed by atoms with Gasteiger partial charge in [0.2, 0.25) is 0 Å². The highest BCUT2D eigenvalue weighted by Gasteiger charge is 2.24. The highest BCUT2D eigenvalue weighted by atomic mass is 79.9. The van der Waals surface area contributed by atoms with Crippen LogP contribution in [0.25, 0.3) is 0 Å². The van der Waals surface area contributed by atoms with Crippen LogP contribution in [0.5, 0.6) is 0 Å². The second-order valence-corrected chi connectivity index (χ2v) is 6.02. The van der Waals surface area contributed by atoms with Crippen molar-refractivity contribution < 1.29 is 17.6 Å². The number of benzene rings is 2. The van der Waals surface area contributed by atoms with Crippen molar-refractivity contribution in [1.29, 1.82) is 0 Å². The second kappa shape index (κ2) is 7.46. The van der Waals surface area contributed by atoms with E-state index < -0.39 is 33.4 Å². The third-order valence-corrected chi connectivity index (χ3v) is 4.01. The first-order valence-electron chi connectivity index (χ1n) is 6.12. The van der Waals surface area contributed by atoms with Gasteiger partial charge in [0, 0.05) is 11.6 Å². The van der Waals surface area contributed by atoms with E-state index in [0.29, 0.717) is 5.02 Å². The molecule has 0 atom stereocenters. The van der Waals surface area contributed by atoms with Crippen molar-refractivity contribution in [3.63, 3.8) is 0 Å². The molecule has 2 nitrogen and oxygen atoms in total. The van der Waals surface area contributed by atoms with Crippen LogP contribution in [-0.4, -0.2) is 5.11 Å². The number of nitrogens with one attached hydrogen (secondary N) is 2. The van der Waals surface area contributed by atoms with E-state index in [1.807, 2.05) is 0 Å². The van der Waals surface area contributed by atoms with Gasteiger partial charge >= 0.3 is 0 Å². The minimum atomic E-state index is -1.58. The Bertz CT molecular complexity index is 726. The lowest BCUT2D eigenvalue weighted by molar-refractivity contribution is 0.452. The molecule has 0 heterocycles. The Labute approximate surface area is 148 Å². The lowest BCUT2D eigenvalue weighted by Gasteiger charge is -2.13. The molecule has 122 valence electrons. The number of thiocarbonyl (C=S) groups is 1. The zero-order valence-corrected chi connectivity index (χ0v) is 14.4. The maximum atomic E-state index is 13.7. The summed E-state index contributed by atoms with van der Waals surface area (Å²) in [4.78, 5) is 0. The molecule has 0 spiro atoms. The van der Waals surface area contributed by atoms with Crippen molar-refractivity contribution >= 4 is 50.5 Å². The fraction of sp³-hybridized carbons (Fsp3) is 0.0714. The van der Waals surface area contributed by atoms with Gasteiger partial charge in [0.1, 0.15) is 5.69 Å². The Morgan fingerprint density at radius 1 is 1.00 bits per heavy atom. The van der Waals surface area contributed by atoms with E-state index in [-0.39, 0.29) is 11.7 Å². The normalized spacial score (nSPS) is 10.5. The quantitative estimate of drug-likeness (QED) is 0.307. The first-order valence-corrected chi connectivity index (χ1v) is 7.70. The molecule has 0 saturated carbocycles.